The van der Waals surface area contributed by atoms with Crippen LogP contribution in [0.5, 0.6) is 11.5 Å². The molecule has 0 saturated carbocycles. The molecule has 1 aliphatic rings. The first-order valence-electron chi connectivity index (χ1n) is 8.87. The van der Waals surface area contributed by atoms with Crippen LogP contribution in [0.25, 0.3) is 0 Å². The number of benzene rings is 3. The highest BCUT2D eigenvalue weighted by Crippen LogP contribution is 2.33. The molecule has 0 aliphatic carbocycles. The Morgan fingerprint density at radius 3 is 2.25 bits per heavy atom. The molecule has 140 valence electrons. The second-order valence-corrected chi connectivity index (χ2v) is 6.18. The molecular formula is C22H18N2O4. The molecule has 0 bridgehead atoms. The maximum absolute atomic E-state index is 12.8. The number of hydrogen-bond acceptors (Lipinski definition) is 4. The third kappa shape index (κ3) is 3.81. The van der Waals surface area contributed by atoms with Gasteiger partial charge in [-0.3, -0.25) is 9.59 Å². The van der Waals surface area contributed by atoms with Crippen molar-refractivity contribution in [1.82, 2.24) is 0 Å². The number of fused-ring (bicyclic) bond motifs is 1. The summed E-state index contributed by atoms with van der Waals surface area (Å²) in [6.07, 6.45) is 0. The van der Waals surface area contributed by atoms with Crippen LogP contribution in [0.1, 0.15) is 20.7 Å². The van der Waals surface area contributed by atoms with Crippen molar-refractivity contribution in [2.45, 2.75) is 0 Å². The Labute approximate surface area is 162 Å². The van der Waals surface area contributed by atoms with Gasteiger partial charge in [-0.05, 0) is 36.4 Å². The topological polar surface area (TPSA) is 76.7 Å². The third-order valence-electron chi connectivity index (χ3n) is 4.26. The van der Waals surface area contributed by atoms with E-state index in [1.165, 1.54) is 0 Å². The smallest absolute Gasteiger partial charge is 0.257 e. The number of nitrogens with one attached hydrogen (secondary N) is 2. The molecule has 1 aliphatic heterocycles. The molecule has 3 aromatic rings. The highest BCUT2D eigenvalue weighted by atomic mass is 16.6. The summed E-state index contributed by atoms with van der Waals surface area (Å²) in [6, 6.07) is 20.9. The fraction of sp³-hybridized carbons (Fsp3) is 0.0909. The van der Waals surface area contributed by atoms with Gasteiger partial charge >= 0.3 is 0 Å². The largest absolute Gasteiger partial charge is 0.486 e. The molecule has 6 heteroatoms. The fourth-order valence-electron chi connectivity index (χ4n) is 2.89. The number of carbonyl (C=O) groups excluding carboxylic acids is 2. The molecule has 0 fully saturated rings. The van der Waals surface area contributed by atoms with E-state index in [4.69, 9.17) is 9.47 Å². The Morgan fingerprint density at radius 1 is 0.714 bits per heavy atom. The van der Waals surface area contributed by atoms with Gasteiger partial charge in [0.1, 0.15) is 13.2 Å². The van der Waals surface area contributed by atoms with Gasteiger partial charge in [-0.25, -0.2) is 0 Å². The normalized spacial score (nSPS) is 12.1. The van der Waals surface area contributed by atoms with E-state index in [-0.39, 0.29) is 11.8 Å². The van der Waals surface area contributed by atoms with E-state index in [1.54, 1.807) is 66.7 Å². The van der Waals surface area contributed by atoms with E-state index in [0.29, 0.717) is 47.2 Å². The van der Waals surface area contributed by atoms with Gasteiger partial charge < -0.3 is 20.1 Å². The summed E-state index contributed by atoms with van der Waals surface area (Å²) in [4.78, 5) is 25.2. The highest BCUT2D eigenvalue weighted by molar-refractivity contribution is 6.12. The lowest BCUT2D eigenvalue weighted by atomic mass is 10.1. The quantitative estimate of drug-likeness (QED) is 0.725. The Bertz CT molecular complexity index is 1020. The number of carbonyl (C=O) groups is 2. The number of anilines is 2. The van der Waals surface area contributed by atoms with Gasteiger partial charge in [0, 0.05) is 17.3 Å². The molecule has 3 aromatic carbocycles. The predicted molar refractivity (Wildman–Crippen MR) is 106 cm³/mol. The average Bonchev–Trinajstić information content (AvgIpc) is 2.74. The summed E-state index contributed by atoms with van der Waals surface area (Å²) < 4.78 is 11.0. The summed E-state index contributed by atoms with van der Waals surface area (Å²) in [6.45, 7) is 0.978. The van der Waals surface area contributed by atoms with E-state index in [9.17, 15) is 9.59 Å². The lowest BCUT2D eigenvalue weighted by Crippen LogP contribution is -2.19. The SMILES string of the molecule is O=C(Nc1ccccc1C(=O)Nc1ccc2c(c1)OCCO2)c1ccccc1. The maximum atomic E-state index is 12.8. The minimum atomic E-state index is -0.333. The zero-order valence-electron chi connectivity index (χ0n) is 15.0. The predicted octanol–water partition coefficient (Wildman–Crippen LogP) is 3.96. The molecular weight excluding hydrogens is 356 g/mol. The molecule has 0 aromatic heterocycles. The second-order valence-electron chi connectivity index (χ2n) is 6.18. The summed E-state index contributed by atoms with van der Waals surface area (Å²) >= 11 is 0. The summed E-state index contributed by atoms with van der Waals surface area (Å²) in [5.74, 6) is 0.635. The van der Waals surface area contributed by atoms with Crippen LogP contribution in [0.2, 0.25) is 0 Å². The van der Waals surface area contributed by atoms with Crippen molar-refractivity contribution in [2.24, 2.45) is 0 Å². The summed E-state index contributed by atoms with van der Waals surface area (Å²) in [5.41, 5.74) is 1.90. The number of para-hydroxylation sites is 1. The van der Waals surface area contributed by atoms with E-state index >= 15 is 0 Å². The second kappa shape index (κ2) is 7.84. The van der Waals surface area contributed by atoms with E-state index in [2.05, 4.69) is 10.6 Å². The monoisotopic (exact) mass is 374 g/mol. The number of hydrogen-bond donors (Lipinski definition) is 2. The first kappa shape index (κ1) is 17.6. The van der Waals surface area contributed by atoms with Crippen LogP contribution >= 0.6 is 0 Å². The summed E-state index contributed by atoms with van der Waals surface area (Å²) in [5, 5.41) is 5.63. The van der Waals surface area contributed by atoms with Gasteiger partial charge in [0.15, 0.2) is 11.5 Å². The standard InChI is InChI=1S/C22H18N2O4/c25-21(15-6-2-1-3-7-15)24-18-9-5-4-8-17(18)22(26)23-16-10-11-19-20(14-16)28-13-12-27-19/h1-11,14H,12-13H2,(H,23,26)(H,24,25). The van der Waals surface area contributed by atoms with Gasteiger partial charge in [-0.15, -0.1) is 0 Å². The van der Waals surface area contributed by atoms with Crippen LogP contribution < -0.4 is 20.1 Å². The van der Waals surface area contributed by atoms with E-state index in [1.807, 2.05) is 6.07 Å². The molecule has 0 radical (unpaired) electrons. The van der Waals surface area contributed by atoms with Crippen molar-refractivity contribution < 1.29 is 19.1 Å². The van der Waals surface area contributed by atoms with Crippen LogP contribution in [-0.2, 0) is 0 Å². The van der Waals surface area contributed by atoms with Crippen molar-refractivity contribution in [3.63, 3.8) is 0 Å². The molecule has 4 rings (SSSR count). The molecule has 6 nitrogen and oxygen atoms in total. The minimum absolute atomic E-state index is 0.278. The van der Waals surface area contributed by atoms with Crippen molar-refractivity contribution in [1.29, 1.82) is 0 Å². The molecule has 0 unspecified atom stereocenters. The van der Waals surface area contributed by atoms with Gasteiger partial charge in [0.05, 0.1) is 11.3 Å². The fourth-order valence-corrected chi connectivity index (χ4v) is 2.89. The van der Waals surface area contributed by atoms with Gasteiger partial charge in [-0.1, -0.05) is 30.3 Å². The van der Waals surface area contributed by atoms with Crippen molar-refractivity contribution >= 4 is 23.2 Å². The maximum Gasteiger partial charge on any atom is 0.257 e. The average molecular weight is 374 g/mol. The molecule has 2 N–H and O–H groups in total. The van der Waals surface area contributed by atoms with Gasteiger partial charge in [0.25, 0.3) is 11.8 Å². The molecule has 0 atom stereocenters. The van der Waals surface area contributed by atoms with Gasteiger partial charge in [0.2, 0.25) is 0 Å². The zero-order valence-corrected chi connectivity index (χ0v) is 15.0. The van der Waals surface area contributed by atoms with Crippen molar-refractivity contribution in [3.05, 3.63) is 83.9 Å². The molecule has 1 heterocycles. The zero-order chi connectivity index (χ0) is 19.3. The minimum Gasteiger partial charge on any atom is -0.486 e. The Hall–Kier alpha value is -3.80. The third-order valence-corrected chi connectivity index (χ3v) is 4.26. The molecule has 0 saturated heterocycles. The Morgan fingerprint density at radius 2 is 1.43 bits per heavy atom. The number of ether oxygens (including phenoxy) is 2. The first-order chi connectivity index (χ1) is 13.7. The van der Waals surface area contributed by atoms with Crippen LogP contribution in [0.15, 0.2) is 72.8 Å². The Balaban J connectivity index is 1.53. The first-order valence-corrected chi connectivity index (χ1v) is 8.87. The lowest BCUT2D eigenvalue weighted by Gasteiger charge is -2.19. The van der Waals surface area contributed by atoms with Crippen LogP contribution in [-0.4, -0.2) is 25.0 Å². The number of amides is 2. The lowest BCUT2D eigenvalue weighted by molar-refractivity contribution is 0.102. The molecule has 2 amide bonds. The summed E-state index contributed by atoms with van der Waals surface area (Å²) in [7, 11) is 0. The van der Waals surface area contributed by atoms with Gasteiger partial charge in [-0.2, -0.15) is 0 Å². The molecule has 28 heavy (non-hydrogen) atoms. The Kier molecular flexibility index (Phi) is 4.93. The van der Waals surface area contributed by atoms with Crippen LogP contribution in [0.3, 0.4) is 0 Å². The highest BCUT2D eigenvalue weighted by Gasteiger charge is 2.16. The van der Waals surface area contributed by atoms with Crippen LogP contribution in [0.4, 0.5) is 11.4 Å². The van der Waals surface area contributed by atoms with Crippen LogP contribution in [0, 0.1) is 0 Å². The van der Waals surface area contributed by atoms with E-state index in [0.717, 1.165) is 0 Å². The van der Waals surface area contributed by atoms with Crippen molar-refractivity contribution in [3.8, 4) is 11.5 Å². The number of rotatable bonds is 4. The van der Waals surface area contributed by atoms with Crippen molar-refractivity contribution in [2.75, 3.05) is 23.8 Å². The van der Waals surface area contributed by atoms with E-state index < -0.39 is 0 Å². The molecule has 0 spiro atoms.